The Labute approximate surface area is 150 Å². The van der Waals surface area contributed by atoms with Gasteiger partial charge in [-0.15, -0.1) is 0 Å². The number of nitrogens with zero attached hydrogens (tertiary/aromatic N) is 2. The number of ether oxygens (including phenoxy) is 1. The Morgan fingerprint density at radius 3 is 2.35 bits per heavy atom. The number of aliphatic hydroxyl groups is 1. The summed E-state index contributed by atoms with van der Waals surface area (Å²) in [5, 5.41) is 10.3. The number of carbonyl (C=O) groups is 1. The molecule has 8 heteroatoms. The Morgan fingerprint density at radius 2 is 1.81 bits per heavy atom. The fraction of sp³-hybridized carbons (Fsp3) is 0.611. The van der Waals surface area contributed by atoms with Crippen molar-refractivity contribution in [2.24, 2.45) is 0 Å². The minimum atomic E-state index is -4.44. The third-order valence-corrected chi connectivity index (χ3v) is 5.21. The van der Waals surface area contributed by atoms with Crippen molar-refractivity contribution in [3.63, 3.8) is 0 Å². The van der Waals surface area contributed by atoms with Crippen LogP contribution in [-0.2, 0) is 15.7 Å². The molecule has 2 aliphatic rings. The van der Waals surface area contributed by atoms with E-state index in [9.17, 15) is 23.1 Å². The van der Waals surface area contributed by atoms with E-state index in [2.05, 4.69) is 4.90 Å². The summed E-state index contributed by atoms with van der Waals surface area (Å²) in [7, 11) is 2.04. The number of amides is 1. The van der Waals surface area contributed by atoms with Gasteiger partial charge in [-0.1, -0.05) is 12.1 Å². The summed E-state index contributed by atoms with van der Waals surface area (Å²) in [6, 6.07) is 4.05. The number of rotatable bonds is 2. The molecule has 1 N–H and O–H groups in total. The van der Waals surface area contributed by atoms with E-state index in [0.29, 0.717) is 32.5 Å². The molecular weight excluding hydrogens is 349 g/mol. The molecule has 1 amide bonds. The molecule has 1 aromatic rings. The number of likely N-dealkylation sites (tertiary alicyclic amines) is 1. The molecule has 0 radical (unpaired) electrons. The number of alkyl halides is 3. The highest BCUT2D eigenvalue weighted by Gasteiger charge is 2.40. The summed E-state index contributed by atoms with van der Waals surface area (Å²) >= 11 is 0. The Hall–Kier alpha value is -1.64. The van der Waals surface area contributed by atoms with E-state index >= 15 is 0 Å². The molecule has 2 heterocycles. The molecule has 0 saturated carbocycles. The average Bonchev–Trinajstić information content (AvgIpc) is 2.60. The average molecular weight is 372 g/mol. The van der Waals surface area contributed by atoms with Crippen LogP contribution in [0.2, 0.25) is 0 Å². The molecule has 0 aromatic heterocycles. The van der Waals surface area contributed by atoms with Gasteiger partial charge in [-0.05, 0) is 37.6 Å². The molecule has 1 unspecified atom stereocenters. The zero-order valence-corrected chi connectivity index (χ0v) is 14.6. The zero-order valence-electron chi connectivity index (χ0n) is 14.6. The largest absolute Gasteiger partial charge is 0.416 e. The van der Waals surface area contributed by atoms with Crippen molar-refractivity contribution in [1.29, 1.82) is 0 Å². The van der Waals surface area contributed by atoms with Crippen molar-refractivity contribution in [2.45, 2.75) is 30.7 Å². The Kier molecular flexibility index (Phi) is 5.28. The maximum Gasteiger partial charge on any atom is 0.416 e. The molecule has 1 aromatic carbocycles. The lowest BCUT2D eigenvalue weighted by molar-refractivity contribution is -0.155. The fourth-order valence-electron chi connectivity index (χ4n) is 3.64. The van der Waals surface area contributed by atoms with E-state index in [1.807, 2.05) is 7.05 Å². The second kappa shape index (κ2) is 7.17. The van der Waals surface area contributed by atoms with Gasteiger partial charge in [0.05, 0.1) is 17.8 Å². The first-order valence-corrected chi connectivity index (χ1v) is 8.67. The Morgan fingerprint density at radius 1 is 1.19 bits per heavy atom. The number of morpholine rings is 1. The van der Waals surface area contributed by atoms with Gasteiger partial charge in [0.2, 0.25) is 0 Å². The van der Waals surface area contributed by atoms with Crippen LogP contribution in [0.3, 0.4) is 0 Å². The monoisotopic (exact) mass is 372 g/mol. The summed E-state index contributed by atoms with van der Waals surface area (Å²) in [5.41, 5.74) is -0.889. The van der Waals surface area contributed by atoms with Gasteiger partial charge in [0.25, 0.3) is 5.91 Å². The minimum absolute atomic E-state index is 0.164. The SMILES string of the molecule is CN1CCOC2(CCN(C(=O)C(O)c3ccc(C(F)(F)F)cc3)CC2)C1. The van der Waals surface area contributed by atoms with Crippen molar-refractivity contribution in [3.05, 3.63) is 35.4 Å². The highest BCUT2D eigenvalue weighted by atomic mass is 19.4. The second-order valence-corrected chi connectivity index (χ2v) is 7.12. The standard InChI is InChI=1S/C18H23F3N2O3/c1-22-10-11-26-17(12-22)6-8-23(9-7-17)16(25)15(24)13-2-4-14(5-3-13)18(19,20)21/h2-5,15,24H,6-12H2,1H3. The molecule has 26 heavy (non-hydrogen) atoms. The molecule has 2 aliphatic heterocycles. The molecular formula is C18H23F3N2O3. The van der Waals surface area contributed by atoms with Gasteiger partial charge in [-0.25, -0.2) is 0 Å². The number of likely N-dealkylation sites (N-methyl/N-ethyl adjacent to an activating group) is 1. The third kappa shape index (κ3) is 4.02. The normalized spacial score (nSPS) is 22.4. The van der Waals surface area contributed by atoms with Crippen LogP contribution in [-0.4, -0.2) is 66.2 Å². The van der Waals surface area contributed by atoms with E-state index in [-0.39, 0.29) is 11.2 Å². The highest BCUT2D eigenvalue weighted by Crippen LogP contribution is 2.32. The van der Waals surface area contributed by atoms with Gasteiger partial charge in [-0.2, -0.15) is 13.2 Å². The van der Waals surface area contributed by atoms with Crippen molar-refractivity contribution < 1.29 is 27.8 Å². The van der Waals surface area contributed by atoms with Gasteiger partial charge < -0.3 is 19.6 Å². The number of hydrogen-bond acceptors (Lipinski definition) is 4. The lowest BCUT2D eigenvalue weighted by atomic mass is 9.89. The molecule has 3 rings (SSSR count). The lowest BCUT2D eigenvalue weighted by Gasteiger charge is -2.46. The first kappa shape index (κ1) is 19.1. The predicted molar refractivity (Wildman–Crippen MR) is 88.4 cm³/mol. The van der Waals surface area contributed by atoms with E-state index in [4.69, 9.17) is 4.74 Å². The van der Waals surface area contributed by atoms with Crippen LogP contribution in [0.5, 0.6) is 0 Å². The van der Waals surface area contributed by atoms with Crippen LogP contribution < -0.4 is 0 Å². The lowest BCUT2D eigenvalue weighted by Crippen LogP contribution is -2.57. The second-order valence-electron chi connectivity index (χ2n) is 7.12. The van der Waals surface area contributed by atoms with Gasteiger partial charge in [0, 0.05) is 26.2 Å². The molecule has 5 nitrogen and oxygen atoms in total. The minimum Gasteiger partial charge on any atom is -0.378 e. The van der Waals surface area contributed by atoms with Crippen molar-refractivity contribution in [2.75, 3.05) is 39.8 Å². The topological polar surface area (TPSA) is 53.0 Å². The van der Waals surface area contributed by atoms with Crippen molar-refractivity contribution in [1.82, 2.24) is 9.80 Å². The quantitative estimate of drug-likeness (QED) is 0.864. The van der Waals surface area contributed by atoms with E-state index in [0.717, 1.165) is 37.4 Å². The van der Waals surface area contributed by atoms with E-state index in [1.165, 1.54) is 0 Å². The number of hydrogen-bond donors (Lipinski definition) is 1. The first-order valence-electron chi connectivity index (χ1n) is 8.67. The summed E-state index contributed by atoms with van der Waals surface area (Å²) in [5.74, 6) is -0.483. The zero-order chi connectivity index (χ0) is 18.9. The number of aliphatic hydroxyl groups excluding tert-OH is 1. The van der Waals surface area contributed by atoms with E-state index < -0.39 is 23.8 Å². The van der Waals surface area contributed by atoms with E-state index in [1.54, 1.807) is 4.90 Å². The van der Waals surface area contributed by atoms with Crippen LogP contribution in [0.1, 0.15) is 30.1 Å². The third-order valence-electron chi connectivity index (χ3n) is 5.21. The van der Waals surface area contributed by atoms with Gasteiger partial charge >= 0.3 is 6.18 Å². The van der Waals surface area contributed by atoms with Gasteiger partial charge in [0.15, 0.2) is 6.10 Å². The molecule has 0 bridgehead atoms. The molecule has 2 fully saturated rings. The van der Waals surface area contributed by atoms with Crippen LogP contribution in [0.15, 0.2) is 24.3 Å². The molecule has 1 spiro atoms. The van der Waals surface area contributed by atoms with Crippen molar-refractivity contribution in [3.8, 4) is 0 Å². The molecule has 0 aliphatic carbocycles. The fourth-order valence-corrected chi connectivity index (χ4v) is 3.64. The maximum absolute atomic E-state index is 12.6. The highest BCUT2D eigenvalue weighted by molar-refractivity contribution is 5.82. The van der Waals surface area contributed by atoms with Crippen LogP contribution in [0.25, 0.3) is 0 Å². The van der Waals surface area contributed by atoms with Crippen LogP contribution in [0.4, 0.5) is 13.2 Å². The smallest absolute Gasteiger partial charge is 0.378 e. The summed E-state index contributed by atoms with van der Waals surface area (Å²) < 4.78 is 43.8. The summed E-state index contributed by atoms with van der Waals surface area (Å²) in [4.78, 5) is 16.3. The van der Waals surface area contributed by atoms with Gasteiger partial charge in [-0.3, -0.25) is 4.79 Å². The molecule has 2 saturated heterocycles. The molecule has 1 atom stereocenters. The Balaban J connectivity index is 1.61. The van der Waals surface area contributed by atoms with Crippen LogP contribution in [0, 0.1) is 0 Å². The predicted octanol–water partition coefficient (Wildman–Crippen LogP) is 2.06. The number of halogens is 3. The van der Waals surface area contributed by atoms with Crippen LogP contribution >= 0.6 is 0 Å². The number of benzene rings is 1. The van der Waals surface area contributed by atoms with Crippen molar-refractivity contribution >= 4 is 5.91 Å². The Bertz CT molecular complexity index is 640. The summed E-state index contributed by atoms with van der Waals surface area (Å²) in [6.07, 6.45) is -4.53. The number of carbonyl (C=O) groups excluding carboxylic acids is 1. The first-order chi connectivity index (χ1) is 12.2. The summed E-state index contributed by atoms with van der Waals surface area (Å²) in [6.45, 7) is 3.29. The maximum atomic E-state index is 12.6. The number of piperidine rings is 1. The molecule has 144 valence electrons. The van der Waals surface area contributed by atoms with Gasteiger partial charge in [0.1, 0.15) is 0 Å².